The van der Waals surface area contributed by atoms with Gasteiger partial charge in [-0.2, -0.15) is 13.7 Å². The summed E-state index contributed by atoms with van der Waals surface area (Å²) in [6.07, 6.45) is 1.56. The molecule has 1 aromatic heterocycles. The second-order valence-corrected chi connectivity index (χ2v) is 6.58. The SMILES string of the molecule is N#Cc1ccc(S(=O)(=O)Oc2cccc3cccnc23)cc1Cl. The molecule has 5 nitrogen and oxygen atoms in total. The van der Waals surface area contributed by atoms with Gasteiger partial charge in [-0.1, -0.05) is 29.8 Å². The van der Waals surface area contributed by atoms with Crippen molar-refractivity contribution >= 4 is 32.6 Å². The maximum absolute atomic E-state index is 12.4. The van der Waals surface area contributed by atoms with Crippen molar-refractivity contribution in [2.45, 2.75) is 4.90 Å². The summed E-state index contributed by atoms with van der Waals surface area (Å²) in [5.74, 6) is 0.128. The minimum Gasteiger partial charge on any atom is -0.377 e. The third kappa shape index (κ3) is 2.97. The Balaban J connectivity index is 2.04. The molecular formula is C16H9ClN2O3S. The standard InChI is InChI=1S/C16H9ClN2O3S/c17-14-9-13(7-6-12(14)10-18)23(20,21)22-15-5-1-3-11-4-2-8-19-16(11)15/h1-9H. The smallest absolute Gasteiger partial charge is 0.339 e. The summed E-state index contributed by atoms with van der Waals surface area (Å²) in [5, 5.41) is 9.65. The Bertz CT molecular complexity index is 1040. The first-order valence-corrected chi connectivity index (χ1v) is 8.28. The van der Waals surface area contributed by atoms with Gasteiger partial charge in [-0.05, 0) is 30.3 Å². The molecule has 0 fully saturated rings. The van der Waals surface area contributed by atoms with Crippen LogP contribution in [0.1, 0.15) is 5.56 Å². The summed E-state index contributed by atoms with van der Waals surface area (Å²) in [4.78, 5) is 4.02. The summed E-state index contributed by atoms with van der Waals surface area (Å²) in [6, 6.07) is 14.2. The van der Waals surface area contributed by atoms with Crippen LogP contribution in [0.4, 0.5) is 0 Å². The highest BCUT2D eigenvalue weighted by Crippen LogP contribution is 2.27. The number of hydrogen-bond donors (Lipinski definition) is 0. The van der Waals surface area contributed by atoms with Crippen LogP contribution in [0, 0.1) is 11.3 Å². The molecule has 0 aliphatic heterocycles. The lowest BCUT2D eigenvalue weighted by Gasteiger charge is -2.09. The zero-order valence-corrected chi connectivity index (χ0v) is 13.2. The van der Waals surface area contributed by atoms with Gasteiger partial charge in [0.25, 0.3) is 0 Å². The number of fused-ring (bicyclic) bond motifs is 1. The van der Waals surface area contributed by atoms with Crippen molar-refractivity contribution in [2.75, 3.05) is 0 Å². The summed E-state index contributed by atoms with van der Waals surface area (Å²) in [6.45, 7) is 0. The van der Waals surface area contributed by atoms with Gasteiger partial charge in [-0.15, -0.1) is 0 Å². The number of para-hydroxylation sites is 1. The van der Waals surface area contributed by atoms with Crippen LogP contribution in [0.25, 0.3) is 10.9 Å². The molecule has 23 heavy (non-hydrogen) atoms. The van der Waals surface area contributed by atoms with E-state index in [-0.39, 0.29) is 21.2 Å². The average Bonchev–Trinajstić information content (AvgIpc) is 2.55. The molecule has 3 aromatic rings. The fourth-order valence-electron chi connectivity index (χ4n) is 2.05. The first kappa shape index (κ1) is 15.3. The van der Waals surface area contributed by atoms with Crippen molar-refractivity contribution in [3.8, 4) is 11.8 Å². The Hall–Kier alpha value is -2.62. The molecule has 114 valence electrons. The van der Waals surface area contributed by atoms with E-state index in [9.17, 15) is 8.42 Å². The van der Waals surface area contributed by atoms with Crippen LogP contribution >= 0.6 is 11.6 Å². The Labute approximate surface area is 137 Å². The Morgan fingerprint density at radius 3 is 2.65 bits per heavy atom. The molecule has 0 saturated heterocycles. The van der Waals surface area contributed by atoms with E-state index >= 15 is 0 Å². The van der Waals surface area contributed by atoms with Crippen molar-refractivity contribution in [3.05, 3.63) is 65.3 Å². The lowest BCUT2D eigenvalue weighted by Crippen LogP contribution is -2.10. The van der Waals surface area contributed by atoms with Crippen molar-refractivity contribution in [1.29, 1.82) is 5.26 Å². The molecule has 3 rings (SSSR count). The van der Waals surface area contributed by atoms with Gasteiger partial charge in [0.15, 0.2) is 5.75 Å². The highest BCUT2D eigenvalue weighted by Gasteiger charge is 2.19. The van der Waals surface area contributed by atoms with E-state index in [0.29, 0.717) is 5.52 Å². The zero-order chi connectivity index (χ0) is 16.4. The van der Waals surface area contributed by atoms with Gasteiger partial charge in [-0.25, -0.2) is 0 Å². The third-order valence-corrected chi connectivity index (χ3v) is 4.69. The topological polar surface area (TPSA) is 80.0 Å². The predicted molar refractivity (Wildman–Crippen MR) is 85.7 cm³/mol. The molecule has 7 heteroatoms. The van der Waals surface area contributed by atoms with Crippen LogP contribution in [-0.2, 0) is 10.1 Å². The fourth-order valence-corrected chi connectivity index (χ4v) is 3.30. The lowest BCUT2D eigenvalue weighted by atomic mass is 10.2. The van der Waals surface area contributed by atoms with Gasteiger partial charge in [0, 0.05) is 11.6 Å². The van der Waals surface area contributed by atoms with Gasteiger partial charge in [0.05, 0.1) is 10.6 Å². The number of hydrogen-bond acceptors (Lipinski definition) is 5. The van der Waals surface area contributed by atoms with Gasteiger partial charge >= 0.3 is 10.1 Å². The fraction of sp³-hybridized carbons (Fsp3) is 0. The van der Waals surface area contributed by atoms with Crippen molar-refractivity contribution in [2.24, 2.45) is 0 Å². The molecule has 0 aliphatic rings. The number of rotatable bonds is 3. The second kappa shape index (κ2) is 5.88. The van der Waals surface area contributed by atoms with E-state index in [0.717, 1.165) is 5.39 Å². The number of aromatic nitrogens is 1. The first-order valence-electron chi connectivity index (χ1n) is 6.49. The normalized spacial score (nSPS) is 11.1. The van der Waals surface area contributed by atoms with Crippen molar-refractivity contribution < 1.29 is 12.6 Å². The largest absolute Gasteiger partial charge is 0.377 e. The summed E-state index contributed by atoms with van der Waals surface area (Å²) in [7, 11) is -4.09. The highest BCUT2D eigenvalue weighted by atomic mass is 35.5. The van der Waals surface area contributed by atoms with Crippen LogP contribution in [-0.4, -0.2) is 13.4 Å². The van der Waals surface area contributed by atoms with Crippen LogP contribution in [0.2, 0.25) is 5.02 Å². The second-order valence-electron chi connectivity index (χ2n) is 4.62. The summed E-state index contributed by atoms with van der Waals surface area (Å²) < 4.78 is 30.0. The molecule has 0 amide bonds. The molecule has 0 unspecified atom stereocenters. The van der Waals surface area contributed by atoms with Crippen LogP contribution in [0.3, 0.4) is 0 Å². The van der Waals surface area contributed by atoms with Crippen LogP contribution in [0.5, 0.6) is 5.75 Å². The maximum atomic E-state index is 12.4. The summed E-state index contributed by atoms with van der Waals surface area (Å²) >= 11 is 5.88. The van der Waals surface area contributed by atoms with E-state index in [2.05, 4.69) is 4.98 Å². The molecule has 0 atom stereocenters. The molecule has 0 aliphatic carbocycles. The average molecular weight is 345 g/mol. The van der Waals surface area contributed by atoms with Crippen LogP contribution < -0.4 is 4.18 Å². The zero-order valence-electron chi connectivity index (χ0n) is 11.6. The minimum absolute atomic E-state index is 0.0493. The predicted octanol–water partition coefficient (Wildman–Crippen LogP) is 3.53. The van der Waals surface area contributed by atoms with E-state index in [1.807, 2.05) is 6.07 Å². The number of benzene rings is 2. The third-order valence-electron chi connectivity index (χ3n) is 3.14. The molecule has 1 heterocycles. The molecule has 0 bridgehead atoms. The molecule has 2 aromatic carbocycles. The number of halogens is 1. The van der Waals surface area contributed by atoms with E-state index in [1.54, 1.807) is 30.5 Å². The highest BCUT2D eigenvalue weighted by molar-refractivity contribution is 7.87. The summed E-state index contributed by atoms with van der Waals surface area (Å²) in [5.41, 5.74) is 0.635. The van der Waals surface area contributed by atoms with E-state index < -0.39 is 10.1 Å². The molecular weight excluding hydrogens is 336 g/mol. The number of pyridine rings is 1. The van der Waals surface area contributed by atoms with E-state index in [1.165, 1.54) is 24.3 Å². The van der Waals surface area contributed by atoms with Gasteiger partial charge in [-0.3, -0.25) is 4.98 Å². The van der Waals surface area contributed by atoms with Gasteiger partial charge in [0.1, 0.15) is 16.5 Å². The number of nitrogens with zero attached hydrogens (tertiary/aromatic N) is 2. The van der Waals surface area contributed by atoms with Crippen molar-refractivity contribution in [3.63, 3.8) is 0 Å². The Morgan fingerprint density at radius 1 is 1.13 bits per heavy atom. The Kier molecular flexibility index (Phi) is 3.90. The molecule has 0 spiro atoms. The monoisotopic (exact) mass is 344 g/mol. The minimum atomic E-state index is -4.09. The first-order chi connectivity index (χ1) is 11.0. The lowest BCUT2D eigenvalue weighted by molar-refractivity contribution is 0.488. The van der Waals surface area contributed by atoms with E-state index in [4.69, 9.17) is 21.0 Å². The molecule has 0 saturated carbocycles. The number of nitriles is 1. The van der Waals surface area contributed by atoms with Crippen molar-refractivity contribution in [1.82, 2.24) is 4.98 Å². The molecule has 0 radical (unpaired) electrons. The Morgan fingerprint density at radius 2 is 1.91 bits per heavy atom. The quantitative estimate of drug-likeness (QED) is 0.679. The van der Waals surface area contributed by atoms with Gasteiger partial charge < -0.3 is 4.18 Å². The molecule has 0 N–H and O–H groups in total. The maximum Gasteiger partial charge on any atom is 0.339 e. The van der Waals surface area contributed by atoms with Gasteiger partial charge in [0.2, 0.25) is 0 Å². The van der Waals surface area contributed by atoms with Crippen LogP contribution in [0.15, 0.2) is 59.6 Å².